The molecule has 0 aliphatic heterocycles. The molecular formula is C23H28N2O4. The number of nitrogens with one attached hydrogen (secondary N) is 2. The Morgan fingerprint density at radius 2 is 1.83 bits per heavy atom. The molecule has 29 heavy (non-hydrogen) atoms. The summed E-state index contributed by atoms with van der Waals surface area (Å²) in [7, 11) is 3.20. The van der Waals surface area contributed by atoms with E-state index in [0.29, 0.717) is 30.2 Å². The van der Waals surface area contributed by atoms with E-state index in [1.807, 2.05) is 30.3 Å². The second-order valence-electron chi connectivity index (χ2n) is 6.48. The van der Waals surface area contributed by atoms with Gasteiger partial charge in [0.15, 0.2) is 11.5 Å². The highest BCUT2D eigenvalue weighted by Crippen LogP contribution is 2.28. The average molecular weight is 396 g/mol. The van der Waals surface area contributed by atoms with E-state index in [1.54, 1.807) is 32.4 Å². The summed E-state index contributed by atoms with van der Waals surface area (Å²) in [6.45, 7) is 2.76. The molecule has 0 heterocycles. The third-order valence-electron chi connectivity index (χ3n) is 4.24. The Hall–Kier alpha value is -3.28. The number of likely N-dealkylation sites (N-methyl/N-ethyl adjacent to an activating group) is 1. The van der Waals surface area contributed by atoms with Crippen molar-refractivity contribution in [3.63, 3.8) is 0 Å². The molecule has 0 aromatic heterocycles. The number of ether oxygens (including phenoxy) is 2. The van der Waals surface area contributed by atoms with Crippen LogP contribution in [0, 0.1) is 0 Å². The predicted molar refractivity (Wildman–Crippen MR) is 115 cm³/mol. The Morgan fingerprint density at radius 3 is 2.48 bits per heavy atom. The molecule has 0 atom stereocenters. The van der Waals surface area contributed by atoms with Gasteiger partial charge < -0.3 is 20.1 Å². The second kappa shape index (κ2) is 11.5. The number of anilines is 1. The van der Waals surface area contributed by atoms with Gasteiger partial charge in [-0.2, -0.15) is 0 Å². The van der Waals surface area contributed by atoms with Gasteiger partial charge in [-0.1, -0.05) is 31.5 Å². The molecule has 2 amide bonds. The fourth-order valence-electron chi connectivity index (χ4n) is 2.57. The van der Waals surface area contributed by atoms with Gasteiger partial charge in [0.25, 0.3) is 0 Å². The van der Waals surface area contributed by atoms with E-state index in [-0.39, 0.29) is 11.8 Å². The lowest BCUT2D eigenvalue weighted by atomic mass is 10.1. The van der Waals surface area contributed by atoms with Gasteiger partial charge in [0.1, 0.15) is 0 Å². The van der Waals surface area contributed by atoms with Crippen LogP contribution in [0.25, 0.3) is 6.08 Å². The first-order valence-electron chi connectivity index (χ1n) is 9.65. The molecule has 0 aliphatic rings. The van der Waals surface area contributed by atoms with E-state index in [9.17, 15) is 9.59 Å². The van der Waals surface area contributed by atoms with Gasteiger partial charge in [-0.25, -0.2) is 0 Å². The molecular weight excluding hydrogens is 368 g/mol. The number of methoxy groups -OCH3 is 1. The zero-order valence-corrected chi connectivity index (χ0v) is 17.2. The summed E-state index contributed by atoms with van der Waals surface area (Å²) >= 11 is 0. The summed E-state index contributed by atoms with van der Waals surface area (Å²) in [6.07, 6.45) is 5.54. The molecule has 154 valence electrons. The van der Waals surface area contributed by atoms with Gasteiger partial charge in [-0.15, -0.1) is 0 Å². The number of unbranched alkanes of at least 4 members (excludes halogenated alkanes) is 1. The van der Waals surface area contributed by atoms with E-state index >= 15 is 0 Å². The highest BCUT2D eigenvalue weighted by molar-refractivity contribution is 6.02. The minimum Gasteiger partial charge on any atom is -0.493 e. The first kappa shape index (κ1) is 22.0. The summed E-state index contributed by atoms with van der Waals surface area (Å²) in [5.41, 5.74) is 2.38. The molecule has 2 aromatic rings. The summed E-state index contributed by atoms with van der Waals surface area (Å²) in [6, 6.07) is 12.7. The van der Waals surface area contributed by atoms with E-state index in [2.05, 4.69) is 17.6 Å². The molecule has 0 radical (unpaired) electrons. The largest absolute Gasteiger partial charge is 0.493 e. The third-order valence-corrected chi connectivity index (χ3v) is 4.24. The molecule has 2 rings (SSSR count). The number of hydrogen-bond donors (Lipinski definition) is 2. The van der Waals surface area contributed by atoms with Crippen molar-refractivity contribution in [1.29, 1.82) is 0 Å². The van der Waals surface area contributed by atoms with Crippen LogP contribution in [0.1, 0.15) is 30.9 Å². The normalized spacial score (nSPS) is 10.6. The van der Waals surface area contributed by atoms with Crippen molar-refractivity contribution >= 4 is 23.6 Å². The Bertz CT molecular complexity index is 844. The molecule has 2 N–H and O–H groups in total. The summed E-state index contributed by atoms with van der Waals surface area (Å²) in [4.78, 5) is 23.6. The molecule has 6 nitrogen and oxygen atoms in total. The molecule has 0 saturated heterocycles. The maximum absolute atomic E-state index is 12.2. The van der Waals surface area contributed by atoms with Crippen LogP contribution in [-0.4, -0.2) is 32.6 Å². The van der Waals surface area contributed by atoms with Crippen molar-refractivity contribution in [1.82, 2.24) is 5.32 Å². The lowest BCUT2D eigenvalue weighted by Crippen LogP contribution is -2.19. The van der Waals surface area contributed by atoms with E-state index < -0.39 is 0 Å². The van der Waals surface area contributed by atoms with Crippen LogP contribution in [0.5, 0.6) is 11.5 Å². The average Bonchev–Trinajstić information content (AvgIpc) is 2.74. The van der Waals surface area contributed by atoms with Crippen LogP contribution >= 0.6 is 0 Å². The molecule has 2 aromatic carbocycles. The van der Waals surface area contributed by atoms with Crippen molar-refractivity contribution in [2.75, 3.05) is 26.1 Å². The van der Waals surface area contributed by atoms with Crippen molar-refractivity contribution < 1.29 is 19.1 Å². The zero-order valence-electron chi connectivity index (χ0n) is 17.2. The topological polar surface area (TPSA) is 76.7 Å². The van der Waals surface area contributed by atoms with Crippen LogP contribution in [0.15, 0.2) is 48.5 Å². The van der Waals surface area contributed by atoms with E-state index in [0.717, 1.165) is 24.0 Å². The maximum atomic E-state index is 12.2. The Balaban J connectivity index is 1.95. The van der Waals surface area contributed by atoms with E-state index in [4.69, 9.17) is 9.47 Å². The van der Waals surface area contributed by atoms with E-state index in [1.165, 1.54) is 6.08 Å². The van der Waals surface area contributed by atoms with Gasteiger partial charge in [0.05, 0.1) is 20.1 Å². The van der Waals surface area contributed by atoms with Crippen LogP contribution in [-0.2, 0) is 16.0 Å². The van der Waals surface area contributed by atoms with Crippen LogP contribution in [0.2, 0.25) is 0 Å². The SMILES string of the molecule is CCCCOc1ccc(/C=C/C(=O)Nc2ccc(CC(=O)NC)cc2)cc1OC. The Kier molecular flexibility index (Phi) is 8.76. The summed E-state index contributed by atoms with van der Waals surface area (Å²) < 4.78 is 11.1. The monoisotopic (exact) mass is 396 g/mol. The Labute approximate surface area is 171 Å². The first-order valence-corrected chi connectivity index (χ1v) is 9.65. The van der Waals surface area contributed by atoms with Gasteiger partial charge in [0.2, 0.25) is 11.8 Å². The fraction of sp³-hybridized carbons (Fsp3) is 0.304. The minimum absolute atomic E-state index is 0.0538. The number of rotatable bonds is 10. The maximum Gasteiger partial charge on any atom is 0.248 e. The molecule has 0 saturated carbocycles. The van der Waals surface area contributed by atoms with Crippen LogP contribution in [0.4, 0.5) is 5.69 Å². The zero-order chi connectivity index (χ0) is 21.1. The van der Waals surface area contributed by atoms with Gasteiger partial charge in [-0.3, -0.25) is 9.59 Å². The lowest BCUT2D eigenvalue weighted by Gasteiger charge is -2.11. The highest BCUT2D eigenvalue weighted by Gasteiger charge is 2.06. The highest BCUT2D eigenvalue weighted by atomic mass is 16.5. The first-order chi connectivity index (χ1) is 14.0. The Morgan fingerprint density at radius 1 is 1.07 bits per heavy atom. The molecule has 0 aliphatic carbocycles. The molecule has 0 fully saturated rings. The number of carbonyl (C=O) groups is 2. The summed E-state index contributed by atoms with van der Waals surface area (Å²) in [5.74, 6) is 1.03. The van der Waals surface area contributed by atoms with Gasteiger partial charge in [0, 0.05) is 18.8 Å². The minimum atomic E-state index is -0.244. The van der Waals surface area contributed by atoms with Crippen molar-refractivity contribution in [2.45, 2.75) is 26.2 Å². The summed E-state index contributed by atoms with van der Waals surface area (Å²) in [5, 5.41) is 5.38. The number of amides is 2. The molecule has 6 heteroatoms. The van der Waals surface area contributed by atoms with Crippen molar-refractivity contribution in [2.24, 2.45) is 0 Å². The quantitative estimate of drug-likeness (QED) is 0.473. The van der Waals surface area contributed by atoms with Crippen molar-refractivity contribution in [3.05, 3.63) is 59.7 Å². The number of benzene rings is 2. The molecule has 0 unspecified atom stereocenters. The van der Waals surface area contributed by atoms with Crippen LogP contribution in [0.3, 0.4) is 0 Å². The van der Waals surface area contributed by atoms with Crippen molar-refractivity contribution in [3.8, 4) is 11.5 Å². The third kappa shape index (κ3) is 7.33. The number of carbonyl (C=O) groups excluding carboxylic acids is 2. The molecule has 0 spiro atoms. The second-order valence-corrected chi connectivity index (χ2v) is 6.48. The van der Waals surface area contributed by atoms with Gasteiger partial charge >= 0.3 is 0 Å². The predicted octanol–water partition coefficient (Wildman–Crippen LogP) is 3.81. The smallest absolute Gasteiger partial charge is 0.248 e. The number of hydrogen-bond acceptors (Lipinski definition) is 4. The molecule has 0 bridgehead atoms. The van der Waals surface area contributed by atoms with Gasteiger partial charge in [-0.05, 0) is 47.9 Å². The lowest BCUT2D eigenvalue weighted by molar-refractivity contribution is -0.120. The standard InChI is InChI=1S/C23H28N2O4/c1-4-5-14-29-20-12-8-17(15-21(20)28-3)9-13-22(26)25-19-10-6-18(7-11-19)16-23(27)24-2/h6-13,15H,4-5,14,16H2,1-3H3,(H,24,27)(H,25,26)/b13-9+. The fourth-order valence-corrected chi connectivity index (χ4v) is 2.57. The van der Waals surface area contributed by atoms with Crippen LogP contribution < -0.4 is 20.1 Å².